The Hall–Kier alpha value is -3.61. The van der Waals surface area contributed by atoms with Crippen LogP contribution in [0.2, 0.25) is 0 Å². The molecule has 0 spiro atoms. The van der Waals surface area contributed by atoms with Crippen molar-refractivity contribution in [3.05, 3.63) is 29.1 Å². The summed E-state index contributed by atoms with van der Waals surface area (Å²) in [5.74, 6) is -0.354. The third kappa shape index (κ3) is 6.94. The molecular weight excluding hydrogens is 424 g/mol. The van der Waals surface area contributed by atoms with Crippen molar-refractivity contribution in [3.8, 4) is 6.07 Å². The highest BCUT2D eigenvalue weighted by atomic mass is 16.6. The lowest BCUT2D eigenvalue weighted by Gasteiger charge is -2.34. The molecule has 10 heteroatoms. The van der Waals surface area contributed by atoms with Crippen LogP contribution in [-0.2, 0) is 9.47 Å². The van der Waals surface area contributed by atoms with Crippen molar-refractivity contribution < 1.29 is 19.1 Å². The van der Waals surface area contributed by atoms with Crippen molar-refractivity contribution >= 4 is 29.7 Å². The van der Waals surface area contributed by atoms with Crippen molar-refractivity contribution in [2.45, 2.75) is 64.1 Å². The molecule has 0 aliphatic heterocycles. The van der Waals surface area contributed by atoms with Crippen LogP contribution in [0.4, 0.5) is 10.6 Å². The summed E-state index contributed by atoms with van der Waals surface area (Å²) in [5.41, 5.74) is -0.0783. The Morgan fingerprint density at radius 3 is 2.48 bits per heavy atom. The van der Waals surface area contributed by atoms with Crippen molar-refractivity contribution in [2.75, 3.05) is 19.5 Å². The zero-order chi connectivity index (χ0) is 24.6. The van der Waals surface area contributed by atoms with Gasteiger partial charge in [-0.2, -0.15) is 5.26 Å². The lowest BCUT2D eigenvalue weighted by Crippen LogP contribution is -2.49. The minimum absolute atomic E-state index is 0.0115. The van der Waals surface area contributed by atoms with Gasteiger partial charge in [-0.05, 0) is 39.7 Å². The molecule has 4 N–H and O–H groups in total. The number of ether oxygens (including phenoxy) is 2. The van der Waals surface area contributed by atoms with E-state index in [9.17, 15) is 14.9 Å². The van der Waals surface area contributed by atoms with E-state index in [2.05, 4.69) is 20.9 Å². The second kappa shape index (κ2) is 11.3. The number of hydrogen-bond acceptors (Lipinski definition) is 9. The first-order valence-corrected chi connectivity index (χ1v) is 10.8. The van der Waals surface area contributed by atoms with Gasteiger partial charge in [0.15, 0.2) is 0 Å². The van der Waals surface area contributed by atoms with Gasteiger partial charge < -0.3 is 30.8 Å². The van der Waals surface area contributed by atoms with Gasteiger partial charge in [-0.3, -0.25) is 0 Å². The fourth-order valence-electron chi connectivity index (χ4n) is 3.68. The molecule has 1 fully saturated rings. The monoisotopic (exact) mass is 456 g/mol. The summed E-state index contributed by atoms with van der Waals surface area (Å²) in [6, 6.07) is 3.16. The maximum Gasteiger partial charge on any atom is 0.407 e. The van der Waals surface area contributed by atoms with E-state index in [-0.39, 0.29) is 28.9 Å². The summed E-state index contributed by atoms with van der Waals surface area (Å²) in [7, 11) is 2.88. The van der Waals surface area contributed by atoms with Crippen LogP contribution in [0.5, 0.6) is 0 Å². The third-order valence-corrected chi connectivity index (χ3v) is 5.06. The minimum atomic E-state index is -0.716. The number of amides is 1. The van der Waals surface area contributed by atoms with Gasteiger partial charge in [0.2, 0.25) is 0 Å². The van der Waals surface area contributed by atoms with Crippen LogP contribution in [-0.4, -0.2) is 55.1 Å². The van der Waals surface area contributed by atoms with E-state index in [1.165, 1.54) is 19.4 Å². The van der Waals surface area contributed by atoms with Crippen LogP contribution in [0, 0.1) is 16.7 Å². The zero-order valence-electron chi connectivity index (χ0n) is 19.7. The van der Waals surface area contributed by atoms with E-state index in [1.807, 2.05) is 6.07 Å². The maximum absolute atomic E-state index is 12.4. The molecule has 2 rings (SSSR count). The van der Waals surface area contributed by atoms with Crippen molar-refractivity contribution in [1.29, 1.82) is 10.7 Å². The Kier molecular flexibility index (Phi) is 8.79. The molecule has 2 atom stereocenters. The molecule has 1 aliphatic carbocycles. The Morgan fingerprint density at radius 2 is 1.94 bits per heavy atom. The molecule has 1 heterocycles. The van der Waals surface area contributed by atoms with E-state index < -0.39 is 17.7 Å². The molecule has 178 valence electrons. The highest BCUT2D eigenvalue weighted by Crippen LogP contribution is 2.27. The number of methoxy groups -OCH3 is 1. The molecule has 33 heavy (non-hydrogen) atoms. The highest BCUT2D eigenvalue weighted by Gasteiger charge is 2.30. The van der Waals surface area contributed by atoms with Gasteiger partial charge in [-0.25, -0.2) is 14.6 Å². The first-order chi connectivity index (χ1) is 15.6. The Bertz CT molecular complexity index is 961. The highest BCUT2D eigenvalue weighted by molar-refractivity contribution is 6.12. The van der Waals surface area contributed by atoms with Gasteiger partial charge in [0.1, 0.15) is 23.1 Å². The van der Waals surface area contributed by atoms with Crippen molar-refractivity contribution in [2.24, 2.45) is 0 Å². The Balaban J connectivity index is 2.41. The van der Waals surface area contributed by atoms with E-state index >= 15 is 0 Å². The SMILES string of the molecule is CN/C=C(\C=N)c1nc(NC2CCCCC2NC(=O)OC(C)(C)C)cc(C#N)c1C(=O)OC. The fraction of sp³-hybridized carbons (Fsp3) is 0.522. The predicted octanol–water partition coefficient (Wildman–Crippen LogP) is 3.20. The number of rotatable bonds is 7. The summed E-state index contributed by atoms with van der Waals surface area (Å²) >= 11 is 0. The van der Waals surface area contributed by atoms with Crippen LogP contribution in [0.25, 0.3) is 5.57 Å². The molecule has 1 saturated carbocycles. The molecule has 10 nitrogen and oxygen atoms in total. The summed E-state index contributed by atoms with van der Waals surface area (Å²) in [5, 5.41) is 26.5. The number of carbonyl (C=O) groups is 2. The van der Waals surface area contributed by atoms with Crippen LogP contribution >= 0.6 is 0 Å². The molecule has 1 aromatic heterocycles. The Morgan fingerprint density at radius 1 is 1.27 bits per heavy atom. The zero-order valence-corrected chi connectivity index (χ0v) is 19.7. The minimum Gasteiger partial charge on any atom is -0.465 e. The molecule has 0 radical (unpaired) electrons. The van der Waals surface area contributed by atoms with E-state index in [1.54, 1.807) is 27.8 Å². The van der Waals surface area contributed by atoms with Crippen molar-refractivity contribution in [3.63, 3.8) is 0 Å². The summed E-state index contributed by atoms with van der Waals surface area (Å²) < 4.78 is 10.2. The number of nitrogens with zero attached hydrogens (tertiary/aromatic N) is 2. The molecule has 1 aromatic rings. The molecule has 1 amide bonds. The predicted molar refractivity (Wildman–Crippen MR) is 125 cm³/mol. The second-order valence-corrected chi connectivity index (χ2v) is 8.70. The molecule has 1 aliphatic rings. The van der Waals surface area contributed by atoms with Gasteiger partial charge in [0, 0.05) is 31.1 Å². The lowest BCUT2D eigenvalue weighted by atomic mass is 9.90. The molecule has 2 unspecified atom stereocenters. The number of pyridine rings is 1. The summed E-state index contributed by atoms with van der Waals surface area (Å²) in [4.78, 5) is 29.3. The van der Waals surface area contributed by atoms with E-state index in [0.29, 0.717) is 11.4 Å². The van der Waals surface area contributed by atoms with Crippen molar-refractivity contribution in [1.82, 2.24) is 15.6 Å². The van der Waals surface area contributed by atoms with Gasteiger partial charge in [-0.1, -0.05) is 12.8 Å². The Labute approximate surface area is 194 Å². The number of anilines is 1. The number of aromatic nitrogens is 1. The van der Waals surface area contributed by atoms with Gasteiger partial charge >= 0.3 is 12.1 Å². The molecule has 0 bridgehead atoms. The van der Waals surface area contributed by atoms with Gasteiger partial charge in [0.05, 0.1) is 24.4 Å². The van der Waals surface area contributed by atoms with E-state index in [4.69, 9.17) is 14.9 Å². The fourth-order valence-corrected chi connectivity index (χ4v) is 3.68. The average molecular weight is 457 g/mol. The lowest BCUT2D eigenvalue weighted by molar-refractivity contribution is 0.0487. The normalized spacial score (nSPS) is 18.5. The number of nitriles is 1. The molecule has 0 aromatic carbocycles. The number of esters is 1. The van der Waals surface area contributed by atoms with Crippen LogP contribution in [0.15, 0.2) is 12.3 Å². The first-order valence-electron chi connectivity index (χ1n) is 10.8. The number of hydrogen-bond donors (Lipinski definition) is 4. The number of carbonyl (C=O) groups excluding carboxylic acids is 2. The standard InChI is InChI=1S/C23H32N6O4/c1-23(2,3)33-22(31)28-17-9-7-6-8-16(17)27-18-10-14(11-24)19(21(30)32-5)20(29-18)15(12-25)13-26-4/h10,12-13,16-17,25-26H,6-9H2,1-5H3,(H,27,29)(H,28,31)/b15-13+,25-12?. The topological polar surface area (TPSA) is 149 Å². The van der Waals surface area contributed by atoms with Crippen LogP contribution < -0.4 is 16.0 Å². The number of alkyl carbamates (subject to hydrolysis) is 1. The summed E-state index contributed by atoms with van der Waals surface area (Å²) in [6.07, 6.45) is 5.54. The van der Waals surface area contributed by atoms with Crippen LogP contribution in [0.3, 0.4) is 0 Å². The van der Waals surface area contributed by atoms with Gasteiger partial charge in [0.25, 0.3) is 0 Å². The smallest absolute Gasteiger partial charge is 0.407 e. The largest absolute Gasteiger partial charge is 0.465 e. The second-order valence-electron chi connectivity index (χ2n) is 8.70. The van der Waals surface area contributed by atoms with Crippen LogP contribution in [0.1, 0.15) is 68.1 Å². The van der Waals surface area contributed by atoms with Gasteiger partial charge in [-0.15, -0.1) is 0 Å². The average Bonchev–Trinajstić information content (AvgIpc) is 2.76. The maximum atomic E-state index is 12.4. The molecule has 0 saturated heterocycles. The first kappa shape index (κ1) is 25.6. The quantitative estimate of drug-likeness (QED) is 0.361. The number of allylic oxidation sites excluding steroid dienone is 1. The van der Waals surface area contributed by atoms with E-state index in [0.717, 1.165) is 31.9 Å². The molecular formula is C23H32N6O4. The third-order valence-electron chi connectivity index (χ3n) is 5.06. The number of nitrogens with one attached hydrogen (secondary N) is 4. The summed E-state index contributed by atoms with van der Waals surface area (Å²) in [6.45, 7) is 5.42.